The Morgan fingerprint density at radius 3 is 2.74 bits per heavy atom. The SMILES string of the molecule is Cc1cc(C)c2c(N)c(C(=O)Nc3nc4ccc([N+](=O)[O-])cc4s3)sc2n1. The van der Waals surface area contributed by atoms with Gasteiger partial charge in [-0.25, -0.2) is 9.97 Å². The molecule has 0 fully saturated rings. The first-order valence-electron chi connectivity index (χ1n) is 7.86. The largest absolute Gasteiger partial charge is 0.397 e. The Morgan fingerprint density at radius 2 is 2.00 bits per heavy atom. The molecule has 0 aliphatic carbocycles. The van der Waals surface area contributed by atoms with Crippen molar-refractivity contribution in [3.63, 3.8) is 0 Å². The maximum Gasteiger partial charge on any atom is 0.270 e. The predicted molar refractivity (Wildman–Crippen MR) is 108 cm³/mol. The van der Waals surface area contributed by atoms with E-state index in [1.54, 1.807) is 6.07 Å². The van der Waals surface area contributed by atoms with E-state index in [-0.39, 0.29) is 11.6 Å². The van der Waals surface area contributed by atoms with E-state index in [0.29, 0.717) is 25.9 Å². The number of benzene rings is 1. The second-order valence-corrected chi connectivity index (χ2v) is 8.02. The van der Waals surface area contributed by atoms with Crippen molar-refractivity contribution in [3.05, 3.63) is 50.5 Å². The topological polar surface area (TPSA) is 124 Å². The number of aromatic nitrogens is 2. The van der Waals surface area contributed by atoms with Gasteiger partial charge in [-0.3, -0.25) is 20.2 Å². The van der Waals surface area contributed by atoms with Crippen LogP contribution >= 0.6 is 22.7 Å². The number of anilines is 2. The molecule has 0 saturated carbocycles. The number of carbonyl (C=O) groups is 1. The lowest BCUT2D eigenvalue weighted by molar-refractivity contribution is -0.384. The van der Waals surface area contributed by atoms with Crippen molar-refractivity contribution in [3.8, 4) is 0 Å². The van der Waals surface area contributed by atoms with Gasteiger partial charge in [0, 0.05) is 23.2 Å². The molecule has 0 saturated heterocycles. The van der Waals surface area contributed by atoms with E-state index in [0.717, 1.165) is 21.5 Å². The van der Waals surface area contributed by atoms with E-state index >= 15 is 0 Å². The molecule has 0 aliphatic rings. The molecule has 0 spiro atoms. The molecule has 3 N–H and O–H groups in total. The van der Waals surface area contributed by atoms with Crippen molar-refractivity contribution in [2.24, 2.45) is 0 Å². The van der Waals surface area contributed by atoms with Crippen molar-refractivity contribution < 1.29 is 9.72 Å². The minimum atomic E-state index is -0.466. The summed E-state index contributed by atoms with van der Waals surface area (Å²) >= 11 is 2.40. The van der Waals surface area contributed by atoms with Crippen molar-refractivity contribution in [1.29, 1.82) is 0 Å². The summed E-state index contributed by atoms with van der Waals surface area (Å²) in [6.45, 7) is 3.82. The van der Waals surface area contributed by atoms with Crippen molar-refractivity contribution >= 4 is 65.5 Å². The van der Waals surface area contributed by atoms with Gasteiger partial charge in [0.05, 0.1) is 20.8 Å². The summed E-state index contributed by atoms with van der Waals surface area (Å²) in [7, 11) is 0. The highest BCUT2D eigenvalue weighted by Gasteiger charge is 2.20. The minimum Gasteiger partial charge on any atom is -0.397 e. The van der Waals surface area contributed by atoms with Crippen LogP contribution in [0.25, 0.3) is 20.4 Å². The number of hydrogen-bond acceptors (Lipinski definition) is 8. The number of hydrogen-bond donors (Lipinski definition) is 2. The average molecular weight is 399 g/mol. The number of thiophene rings is 1. The Bertz CT molecular complexity index is 1240. The third-order valence-corrected chi connectivity index (χ3v) is 6.07. The number of aryl methyl sites for hydroxylation is 2. The van der Waals surface area contributed by atoms with Crippen LogP contribution in [0.5, 0.6) is 0 Å². The van der Waals surface area contributed by atoms with Crippen molar-refractivity contribution in [2.45, 2.75) is 13.8 Å². The second kappa shape index (κ2) is 6.25. The zero-order valence-electron chi connectivity index (χ0n) is 14.3. The highest BCUT2D eigenvalue weighted by atomic mass is 32.1. The van der Waals surface area contributed by atoms with Crippen molar-refractivity contribution in [2.75, 3.05) is 11.1 Å². The number of pyridine rings is 1. The Kier molecular flexibility index (Phi) is 4.01. The van der Waals surface area contributed by atoms with E-state index in [4.69, 9.17) is 5.73 Å². The first kappa shape index (κ1) is 17.3. The number of thiazole rings is 1. The van der Waals surface area contributed by atoms with Gasteiger partial charge in [0.25, 0.3) is 11.6 Å². The molecule has 8 nitrogen and oxygen atoms in total. The Hall–Kier alpha value is -3.11. The summed E-state index contributed by atoms with van der Waals surface area (Å²) in [6.07, 6.45) is 0. The number of nitrogens with one attached hydrogen (secondary N) is 1. The number of nitro benzene ring substituents is 1. The molecule has 3 aromatic heterocycles. The summed E-state index contributed by atoms with van der Waals surface area (Å²) in [6, 6.07) is 6.30. The van der Waals surface area contributed by atoms with Gasteiger partial charge in [0.15, 0.2) is 5.13 Å². The van der Waals surface area contributed by atoms with Crippen LogP contribution in [-0.4, -0.2) is 20.8 Å². The Labute approximate surface area is 160 Å². The number of nitrogen functional groups attached to an aromatic ring is 1. The standard InChI is InChI=1S/C17H13N5O3S2/c1-7-5-8(2)19-16-12(7)13(18)14(27-16)15(23)21-17-20-10-4-3-9(22(24)25)6-11(10)26-17/h3-6H,18H2,1-2H3,(H,20,21,23). The van der Waals surface area contributed by atoms with Gasteiger partial charge in [-0.05, 0) is 31.5 Å². The fourth-order valence-electron chi connectivity index (χ4n) is 2.87. The highest BCUT2D eigenvalue weighted by Crippen LogP contribution is 2.36. The molecule has 4 rings (SSSR count). The number of rotatable bonds is 3. The molecular weight excluding hydrogens is 386 g/mol. The van der Waals surface area contributed by atoms with E-state index < -0.39 is 4.92 Å². The monoisotopic (exact) mass is 399 g/mol. The third-order valence-electron chi connectivity index (χ3n) is 4.03. The van der Waals surface area contributed by atoms with Gasteiger partial charge in [0.1, 0.15) is 9.71 Å². The molecule has 0 bridgehead atoms. The molecule has 0 aliphatic heterocycles. The molecule has 0 atom stereocenters. The van der Waals surface area contributed by atoms with Gasteiger partial charge < -0.3 is 5.73 Å². The Balaban J connectivity index is 1.69. The van der Waals surface area contributed by atoms with Crippen molar-refractivity contribution in [1.82, 2.24) is 9.97 Å². The maximum atomic E-state index is 12.7. The molecule has 1 aromatic carbocycles. The van der Waals surface area contributed by atoms with Crippen LogP contribution in [0.1, 0.15) is 20.9 Å². The lowest BCUT2D eigenvalue weighted by atomic mass is 10.1. The van der Waals surface area contributed by atoms with E-state index in [1.165, 1.54) is 34.8 Å². The fourth-order valence-corrected chi connectivity index (χ4v) is 4.88. The predicted octanol–water partition coefficient (Wildman–Crippen LogP) is 4.27. The van der Waals surface area contributed by atoms with E-state index in [1.807, 2.05) is 19.9 Å². The molecule has 3 heterocycles. The average Bonchev–Trinajstić information content (AvgIpc) is 3.14. The minimum absolute atomic E-state index is 0.0188. The van der Waals surface area contributed by atoms with E-state index in [2.05, 4.69) is 15.3 Å². The molecule has 10 heteroatoms. The van der Waals surface area contributed by atoms with Crippen LogP contribution < -0.4 is 11.1 Å². The second-order valence-electron chi connectivity index (χ2n) is 5.99. The lowest BCUT2D eigenvalue weighted by Gasteiger charge is -2.01. The molecule has 1 amide bonds. The summed E-state index contributed by atoms with van der Waals surface area (Å²) < 4.78 is 0.622. The lowest BCUT2D eigenvalue weighted by Crippen LogP contribution is -2.11. The van der Waals surface area contributed by atoms with Gasteiger partial charge >= 0.3 is 0 Å². The number of nitrogens with two attached hydrogens (primary N) is 1. The highest BCUT2D eigenvalue weighted by molar-refractivity contribution is 7.23. The number of amides is 1. The van der Waals surface area contributed by atoms with Crippen LogP contribution in [0.2, 0.25) is 0 Å². The Morgan fingerprint density at radius 1 is 1.22 bits per heavy atom. The van der Waals surface area contributed by atoms with Gasteiger partial charge in [-0.15, -0.1) is 11.3 Å². The molecule has 4 aromatic rings. The maximum absolute atomic E-state index is 12.7. The number of fused-ring (bicyclic) bond motifs is 2. The smallest absolute Gasteiger partial charge is 0.270 e. The molecular formula is C17H13N5O3S2. The zero-order valence-corrected chi connectivity index (χ0v) is 15.9. The van der Waals surface area contributed by atoms with Gasteiger partial charge in [-0.1, -0.05) is 11.3 Å². The van der Waals surface area contributed by atoms with Crippen LogP contribution in [0, 0.1) is 24.0 Å². The van der Waals surface area contributed by atoms with Crippen LogP contribution in [0.3, 0.4) is 0 Å². The summed E-state index contributed by atoms with van der Waals surface area (Å²) in [5, 5.41) is 14.8. The number of carbonyl (C=O) groups excluding carboxylic acids is 1. The summed E-state index contributed by atoms with van der Waals surface area (Å²) in [5.41, 5.74) is 8.98. The quantitative estimate of drug-likeness (QED) is 0.392. The van der Waals surface area contributed by atoms with Crippen LogP contribution in [0.15, 0.2) is 24.3 Å². The van der Waals surface area contributed by atoms with Crippen LogP contribution in [-0.2, 0) is 0 Å². The third kappa shape index (κ3) is 2.98. The first-order chi connectivity index (χ1) is 12.8. The van der Waals surface area contributed by atoms with Gasteiger partial charge in [0.2, 0.25) is 0 Å². The molecule has 0 unspecified atom stereocenters. The zero-order chi connectivity index (χ0) is 19.3. The molecule has 0 radical (unpaired) electrons. The number of non-ortho nitro benzene ring substituents is 1. The fraction of sp³-hybridized carbons (Fsp3) is 0.118. The molecule has 136 valence electrons. The number of nitro groups is 1. The van der Waals surface area contributed by atoms with E-state index in [9.17, 15) is 14.9 Å². The van der Waals surface area contributed by atoms with Crippen LogP contribution in [0.4, 0.5) is 16.5 Å². The summed E-state index contributed by atoms with van der Waals surface area (Å²) in [5.74, 6) is -0.374. The number of nitrogens with zero attached hydrogens (tertiary/aromatic N) is 3. The van der Waals surface area contributed by atoms with Gasteiger partial charge in [-0.2, -0.15) is 0 Å². The summed E-state index contributed by atoms with van der Waals surface area (Å²) in [4.78, 5) is 33.0. The normalized spacial score (nSPS) is 11.2. The molecule has 27 heavy (non-hydrogen) atoms. The first-order valence-corrected chi connectivity index (χ1v) is 9.49.